The van der Waals surface area contributed by atoms with E-state index in [0.717, 1.165) is 47.1 Å². The molecule has 35 heavy (non-hydrogen) atoms. The first kappa shape index (κ1) is 28.6. The molecule has 0 amide bonds. The molecule has 0 heterocycles. The van der Waals surface area contributed by atoms with E-state index in [9.17, 15) is 9.59 Å². The molecule has 1 aromatic carbocycles. The number of carbonyl (C=O) groups excluding carboxylic acids is 2. The lowest BCUT2D eigenvalue weighted by Crippen LogP contribution is -2.15. The van der Waals surface area contributed by atoms with Gasteiger partial charge in [-0.2, -0.15) is 0 Å². The van der Waals surface area contributed by atoms with E-state index >= 15 is 0 Å². The third-order valence-corrected chi connectivity index (χ3v) is 6.78. The van der Waals surface area contributed by atoms with E-state index in [4.69, 9.17) is 4.74 Å². The molecule has 1 unspecified atom stereocenters. The van der Waals surface area contributed by atoms with Crippen LogP contribution < -0.4 is 4.74 Å². The van der Waals surface area contributed by atoms with Gasteiger partial charge in [0.05, 0.1) is 0 Å². The van der Waals surface area contributed by atoms with Gasteiger partial charge in [0.2, 0.25) is 0 Å². The van der Waals surface area contributed by atoms with Crippen molar-refractivity contribution in [3.63, 3.8) is 0 Å². The number of carbonyl (C=O) groups is 2. The Balaban J connectivity index is 2.22. The Morgan fingerprint density at radius 1 is 0.971 bits per heavy atom. The van der Waals surface area contributed by atoms with Crippen LogP contribution in [0.25, 0.3) is 6.08 Å². The monoisotopic (exact) mass is 476 g/mol. The zero-order valence-corrected chi connectivity index (χ0v) is 23.0. The van der Waals surface area contributed by atoms with Crippen molar-refractivity contribution in [3.05, 3.63) is 69.8 Å². The first-order valence-electron chi connectivity index (χ1n) is 13.1. The van der Waals surface area contributed by atoms with Crippen LogP contribution in [0.3, 0.4) is 0 Å². The molecule has 0 saturated carbocycles. The molecule has 0 saturated heterocycles. The van der Waals surface area contributed by atoms with Crippen LogP contribution in [0.15, 0.2) is 53.2 Å². The molecule has 0 aliphatic heterocycles. The number of allylic oxidation sites excluding steroid dienone is 7. The Hall–Kier alpha value is -2.68. The standard InChI is InChI=1S/C32H44O3/c1-21(2)12-15-31(33)28-16-23(5)10-9-11-27(20-28)13-14-30-25(7)17-29(18-26(30)8)35-32(34)19-24(6)22(3)4/h11,13-14,16-18,20-22,24H,9-10,12,15,19H2,1-8H3. The molecular formula is C32H44O3. The average Bonchev–Trinajstić information content (AvgIpc) is 2.74. The predicted octanol–water partition coefficient (Wildman–Crippen LogP) is 8.50. The molecule has 3 nitrogen and oxygen atoms in total. The molecule has 2 rings (SSSR count). The van der Waals surface area contributed by atoms with Crippen molar-refractivity contribution < 1.29 is 14.3 Å². The number of Topliss-reactive ketones (excluding diaryl/α,β-unsaturated/α-hetero) is 1. The second kappa shape index (κ2) is 13.4. The van der Waals surface area contributed by atoms with Gasteiger partial charge in [-0.05, 0) is 98.3 Å². The Morgan fingerprint density at radius 2 is 1.63 bits per heavy atom. The fraction of sp³-hybridized carbons (Fsp3) is 0.500. The molecular weight excluding hydrogens is 432 g/mol. The van der Waals surface area contributed by atoms with Crippen LogP contribution in [0.2, 0.25) is 0 Å². The minimum absolute atomic E-state index is 0.184. The van der Waals surface area contributed by atoms with E-state index < -0.39 is 0 Å². The molecule has 0 fully saturated rings. The van der Waals surface area contributed by atoms with Gasteiger partial charge in [-0.3, -0.25) is 9.59 Å². The summed E-state index contributed by atoms with van der Waals surface area (Å²) in [7, 11) is 0. The minimum atomic E-state index is -0.184. The number of aryl methyl sites for hydroxylation is 2. The summed E-state index contributed by atoms with van der Waals surface area (Å²) in [5.74, 6) is 1.88. The number of hydrogen-bond acceptors (Lipinski definition) is 3. The van der Waals surface area contributed by atoms with Crippen LogP contribution in [-0.4, -0.2) is 11.8 Å². The fourth-order valence-electron chi connectivity index (χ4n) is 4.03. The highest BCUT2D eigenvalue weighted by Gasteiger charge is 2.15. The fourth-order valence-corrected chi connectivity index (χ4v) is 4.03. The van der Waals surface area contributed by atoms with Crippen LogP contribution in [0.4, 0.5) is 0 Å². The number of benzene rings is 1. The summed E-state index contributed by atoms with van der Waals surface area (Å²) in [5.41, 5.74) is 6.31. The summed E-state index contributed by atoms with van der Waals surface area (Å²) in [5, 5.41) is 0. The maximum Gasteiger partial charge on any atom is 0.311 e. The maximum absolute atomic E-state index is 12.9. The van der Waals surface area contributed by atoms with Gasteiger partial charge < -0.3 is 4.74 Å². The number of ether oxygens (including phenoxy) is 1. The predicted molar refractivity (Wildman–Crippen MR) is 147 cm³/mol. The van der Waals surface area contributed by atoms with E-state index in [1.54, 1.807) is 0 Å². The smallest absolute Gasteiger partial charge is 0.311 e. The van der Waals surface area contributed by atoms with Gasteiger partial charge >= 0.3 is 5.97 Å². The Bertz CT molecular complexity index is 1010. The summed E-state index contributed by atoms with van der Waals surface area (Å²) in [4.78, 5) is 25.2. The molecule has 0 bridgehead atoms. The Morgan fingerprint density at radius 3 is 2.23 bits per heavy atom. The summed E-state index contributed by atoms with van der Waals surface area (Å²) >= 11 is 0. The second-order valence-corrected chi connectivity index (χ2v) is 10.9. The summed E-state index contributed by atoms with van der Waals surface area (Å²) in [6.07, 6.45) is 14.3. The van der Waals surface area contributed by atoms with Gasteiger partial charge in [-0.1, -0.05) is 64.5 Å². The van der Waals surface area contributed by atoms with Crippen molar-refractivity contribution in [3.8, 4) is 5.75 Å². The molecule has 3 heteroatoms. The number of esters is 1. The van der Waals surface area contributed by atoms with Crippen molar-refractivity contribution in [1.29, 1.82) is 0 Å². The lowest BCUT2D eigenvalue weighted by atomic mass is 9.94. The zero-order chi connectivity index (χ0) is 26.1. The lowest BCUT2D eigenvalue weighted by Gasteiger charge is -2.15. The number of hydrogen-bond donors (Lipinski definition) is 0. The average molecular weight is 477 g/mol. The van der Waals surface area contributed by atoms with Crippen LogP contribution in [0.5, 0.6) is 5.75 Å². The van der Waals surface area contributed by atoms with Gasteiger partial charge in [0.15, 0.2) is 5.78 Å². The largest absolute Gasteiger partial charge is 0.427 e. The minimum Gasteiger partial charge on any atom is -0.427 e. The van der Waals surface area contributed by atoms with Crippen molar-refractivity contribution in [2.45, 2.75) is 87.5 Å². The number of ketones is 1. The first-order valence-corrected chi connectivity index (χ1v) is 13.1. The van der Waals surface area contributed by atoms with Gasteiger partial charge in [0.1, 0.15) is 5.75 Å². The van der Waals surface area contributed by atoms with Crippen LogP contribution in [0.1, 0.15) is 90.3 Å². The van der Waals surface area contributed by atoms with Crippen molar-refractivity contribution in [1.82, 2.24) is 0 Å². The highest BCUT2D eigenvalue weighted by Crippen LogP contribution is 2.26. The van der Waals surface area contributed by atoms with Gasteiger partial charge in [0, 0.05) is 18.4 Å². The quantitative estimate of drug-likeness (QED) is 0.251. The van der Waals surface area contributed by atoms with Crippen LogP contribution in [0, 0.1) is 31.6 Å². The Kier molecular flexibility index (Phi) is 10.9. The molecule has 0 radical (unpaired) electrons. The summed E-state index contributed by atoms with van der Waals surface area (Å²) in [6, 6.07) is 3.86. The molecule has 0 N–H and O–H groups in total. The molecule has 0 spiro atoms. The molecule has 0 aromatic heterocycles. The topological polar surface area (TPSA) is 43.4 Å². The van der Waals surface area contributed by atoms with Crippen LogP contribution in [-0.2, 0) is 9.59 Å². The molecule has 1 atom stereocenters. The second-order valence-electron chi connectivity index (χ2n) is 10.9. The van der Waals surface area contributed by atoms with E-state index in [2.05, 4.69) is 65.8 Å². The van der Waals surface area contributed by atoms with E-state index in [-0.39, 0.29) is 17.7 Å². The first-order chi connectivity index (χ1) is 16.5. The molecule has 1 aliphatic carbocycles. The van der Waals surface area contributed by atoms with Crippen molar-refractivity contribution in [2.75, 3.05) is 0 Å². The normalized spacial score (nSPS) is 15.4. The molecule has 1 aliphatic rings. The van der Waals surface area contributed by atoms with Gasteiger partial charge in [-0.15, -0.1) is 0 Å². The molecule has 1 aromatic rings. The third-order valence-electron chi connectivity index (χ3n) is 6.78. The summed E-state index contributed by atoms with van der Waals surface area (Å²) in [6.45, 7) is 16.8. The van der Waals surface area contributed by atoms with Gasteiger partial charge in [-0.25, -0.2) is 0 Å². The SMILES string of the molecule is CC1=CC(C(=O)CCC(C)C)=CC(C=Cc2c(C)cc(OC(=O)CC(C)C(C)C)cc2C)=CCC1. The van der Waals surface area contributed by atoms with Crippen molar-refractivity contribution in [2.24, 2.45) is 17.8 Å². The highest BCUT2D eigenvalue weighted by molar-refractivity contribution is 5.98. The number of rotatable bonds is 10. The van der Waals surface area contributed by atoms with Crippen LogP contribution >= 0.6 is 0 Å². The lowest BCUT2D eigenvalue weighted by molar-refractivity contribution is -0.135. The van der Waals surface area contributed by atoms with E-state index in [0.29, 0.717) is 30.4 Å². The maximum atomic E-state index is 12.9. The zero-order valence-electron chi connectivity index (χ0n) is 23.0. The van der Waals surface area contributed by atoms with Crippen molar-refractivity contribution >= 4 is 17.8 Å². The summed E-state index contributed by atoms with van der Waals surface area (Å²) < 4.78 is 5.64. The van der Waals surface area contributed by atoms with E-state index in [1.165, 1.54) is 5.57 Å². The highest BCUT2D eigenvalue weighted by atomic mass is 16.5. The Labute approximate surface area is 213 Å². The third kappa shape index (κ3) is 9.47. The van der Waals surface area contributed by atoms with E-state index in [1.807, 2.05) is 32.1 Å². The van der Waals surface area contributed by atoms with Gasteiger partial charge in [0.25, 0.3) is 0 Å². The molecule has 190 valence electrons.